The summed E-state index contributed by atoms with van der Waals surface area (Å²) in [5.41, 5.74) is 2.17. The first-order valence-corrected chi connectivity index (χ1v) is 5.39. The van der Waals surface area contributed by atoms with Crippen molar-refractivity contribution in [2.45, 2.75) is 45.6 Å². The molecule has 0 aromatic rings. The van der Waals surface area contributed by atoms with Gasteiger partial charge in [-0.2, -0.15) is 5.48 Å². The lowest BCUT2D eigenvalue weighted by Gasteiger charge is -2.10. The molecule has 0 aromatic carbocycles. The van der Waals surface area contributed by atoms with Crippen molar-refractivity contribution in [3.05, 3.63) is 12.2 Å². The molecule has 5 nitrogen and oxygen atoms in total. The number of hydroxylamine groups is 1. The SMILES string of the molecule is C=C(CC)C(=O)ONC(=O)C(O)CCCC. The standard InChI is InChI=1S/C11H19NO4/c1-4-6-7-9(13)10(14)12-16-11(15)8(3)5-2/h9,13H,3-7H2,1-2H3,(H,12,14). The summed E-state index contributed by atoms with van der Waals surface area (Å²) >= 11 is 0. The molecular formula is C11H19NO4. The van der Waals surface area contributed by atoms with Crippen LogP contribution in [0, 0.1) is 0 Å². The zero-order valence-electron chi connectivity index (χ0n) is 9.78. The number of carbonyl (C=O) groups excluding carboxylic acids is 2. The van der Waals surface area contributed by atoms with Crippen LogP contribution in [-0.2, 0) is 14.4 Å². The second-order valence-corrected chi connectivity index (χ2v) is 3.47. The lowest BCUT2D eigenvalue weighted by Crippen LogP contribution is -2.36. The Morgan fingerprint density at radius 2 is 2.06 bits per heavy atom. The number of amides is 1. The van der Waals surface area contributed by atoms with E-state index >= 15 is 0 Å². The topological polar surface area (TPSA) is 75.6 Å². The second kappa shape index (κ2) is 7.87. The van der Waals surface area contributed by atoms with E-state index in [0.29, 0.717) is 12.8 Å². The lowest BCUT2D eigenvalue weighted by molar-refractivity contribution is -0.158. The first kappa shape index (κ1) is 14.6. The van der Waals surface area contributed by atoms with E-state index < -0.39 is 18.0 Å². The van der Waals surface area contributed by atoms with Gasteiger partial charge in [0.25, 0.3) is 5.91 Å². The van der Waals surface area contributed by atoms with Crippen molar-refractivity contribution in [2.24, 2.45) is 0 Å². The summed E-state index contributed by atoms with van der Waals surface area (Å²) < 4.78 is 0. The van der Waals surface area contributed by atoms with Crippen LogP contribution in [0.4, 0.5) is 0 Å². The summed E-state index contributed by atoms with van der Waals surface area (Å²) in [5.74, 6) is -1.38. The van der Waals surface area contributed by atoms with E-state index in [9.17, 15) is 14.7 Å². The Morgan fingerprint density at radius 3 is 2.56 bits per heavy atom. The normalized spacial score (nSPS) is 11.7. The fraction of sp³-hybridized carbons (Fsp3) is 0.636. The van der Waals surface area contributed by atoms with E-state index in [1.165, 1.54) is 0 Å². The molecule has 5 heteroatoms. The Kier molecular flexibility index (Phi) is 7.20. The zero-order valence-corrected chi connectivity index (χ0v) is 9.78. The van der Waals surface area contributed by atoms with Crippen LogP contribution >= 0.6 is 0 Å². The van der Waals surface area contributed by atoms with E-state index in [0.717, 1.165) is 12.8 Å². The molecule has 0 aliphatic carbocycles. The van der Waals surface area contributed by atoms with E-state index in [1.54, 1.807) is 6.92 Å². The highest BCUT2D eigenvalue weighted by Gasteiger charge is 2.16. The van der Waals surface area contributed by atoms with Gasteiger partial charge in [-0.25, -0.2) is 4.79 Å². The van der Waals surface area contributed by atoms with E-state index in [-0.39, 0.29) is 5.57 Å². The second-order valence-electron chi connectivity index (χ2n) is 3.47. The minimum absolute atomic E-state index is 0.267. The molecule has 0 heterocycles. The van der Waals surface area contributed by atoms with Crippen molar-refractivity contribution < 1.29 is 19.5 Å². The number of nitrogens with one attached hydrogen (secondary N) is 1. The number of hydrogen-bond donors (Lipinski definition) is 2. The molecule has 0 fully saturated rings. The first-order valence-electron chi connectivity index (χ1n) is 5.39. The summed E-state index contributed by atoms with van der Waals surface area (Å²) in [6, 6.07) is 0. The molecule has 1 atom stereocenters. The molecule has 0 aliphatic heterocycles. The van der Waals surface area contributed by atoms with Gasteiger partial charge in [0.1, 0.15) is 6.10 Å². The van der Waals surface area contributed by atoms with Crippen molar-refractivity contribution in [2.75, 3.05) is 0 Å². The Bertz CT molecular complexity index is 263. The predicted octanol–water partition coefficient (Wildman–Crippen LogP) is 1.08. The van der Waals surface area contributed by atoms with Crippen LogP contribution in [0.25, 0.3) is 0 Å². The molecule has 0 saturated heterocycles. The monoisotopic (exact) mass is 229 g/mol. The zero-order chi connectivity index (χ0) is 12.6. The van der Waals surface area contributed by atoms with Gasteiger partial charge in [0.05, 0.1) is 0 Å². The van der Waals surface area contributed by atoms with Gasteiger partial charge in [-0.15, -0.1) is 0 Å². The summed E-state index contributed by atoms with van der Waals surface area (Å²) in [7, 11) is 0. The van der Waals surface area contributed by atoms with Crippen molar-refractivity contribution in [3.8, 4) is 0 Å². The first-order chi connectivity index (χ1) is 7.52. The van der Waals surface area contributed by atoms with Crippen molar-refractivity contribution >= 4 is 11.9 Å². The molecule has 0 radical (unpaired) electrons. The molecule has 2 N–H and O–H groups in total. The van der Waals surface area contributed by atoms with Crippen molar-refractivity contribution in [1.29, 1.82) is 0 Å². The molecule has 0 aromatic heterocycles. The number of unbranched alkanes of at least 4 members (excludes halogenated alkanes) is 1. The maximum Gasteiger partial charge on any atom is 0.358 e. The minimum Gasteiger partial charge on any atom is -0.383 e. The molecule has 0 spiro atoms. The maximum absolute atomic E-state index is 11.2. The fourth-order valence-electron chi connectivity index (χ4n) is 0.910. The Labute approximate surface area is 95.4 Å². The van der Waals surface area contributed by atoms with Crippen LogP contribution in [0.5, 0.6) is 0 Å². The third-order valence-corrected chi connectivity index (χ3v) is 2.09. The Balaban J connectivity index is 3.88. The molecule has 0 rings (SSSR count). The smallest absolute Gasteiger partial charge is 0.358 e. The van der Waals surface area contributed by atoms with Gasteiger partial charge in [0, 0.05) is 5.57 Å². The highest BCUT2D eigenvalue weighted by atomic mass is 16.7. The third kappa shape index (κ3) is 5.50. The van der Waals surface area contributed by atoms with E-state index in [2.05, 4.69) is 11.4 Å². The molecule has 16 heavy (non-hydrogen) atoms. The molecule has 1 unspecified atom stereocenters. The van der Waals surface area contributed by atoms with Crippen LogP contribution in [-0.4, -0.2) is 23.1 Å². The van der Waals surface area contributed by atoms with Crippen LogP contribution in [0.2, 0.25) is 0 Å². The van der Waals surface area contributed by atoms with Crippen LogP contribution < -0.4 is 5.48 Å². The minimum atomic E-state index is -1.14. The number of carbonyl (C=O) groups is 2. The number of aliphatic hydroxyl groups excluding tert-OH is 1. The van der Waals surface area contributed by atoms with Gasteiger partial charge >= 0.3 is 5.97 Å². The molecule has 0 bridgehead atoms. The lowest BCUT2D eigenvalue weighted by atomic mass is 10.1. The molecule has 92 valence electrons. The largest absolute Gasteiger partial charge is 0.383 e. The predicted molar refractivity (Wildman–Crippen MR) is 59.2 cm³/mol. The number of aliphatic hydroxyl groups is 1. The number of rotatable bonds is 6. The summed E-state index contributed by atoms with van der Waals surface area (Å²) in [4.78, 5) is 26.8. The Morgan fingerprint density at radius 1 is 1.44 bits per heavy atom. The van der Waals surface area contributed by atoms with Crippen LogP contribution in [0.3, 0.4) is 0 Å². The van der Waals surface area contributed by atoms with Gasteiger partial charge in [0.2, 0.25) is 0 Å². The molecule has 0 saturated carbocycles. The van der Waals surface area contributed by atoms with Gasteiger partial charge in [-0.1, -0.05) is 33.3 Å². The number of hydrogen-bond acceptors (Lipinski definition) is 4. The third-order valence-electron chi connectivity index (χ3n) is 2.09. The van der Waals surface area contributed by atoms with Crippen LogP contribution in [0.1, 0.15) is 39.5 Å². The van der Waals surface area contributed by atoms with Crippen LogP contribution in [0.15, 0.2) is 12.2 Å². The average molecular weight is 229 g/mol. The van der Waals surface area contributed by atoms with Crippen molar-refractivity contribution in [1.82, 2.24) is 5.48 Å². The van der Waals surface area contributed by atoms with Crippen molar-refractivity contribution in [3.63, 3.8) is 0 Å². The highest BCUT2D eigenvalue weighted by molar-refractivity contribution is 5.89. The Hall–Kier alpha value is -1.36. The highest BCUT2D eigenvalue weighted by Crippen LogP contribution is 2.01. The van der Waals surface area contributed by atoms with Gasteiger partial charge in [-0.05, 0) is 12.8 Å². The summed E-state index contributed by atoms with van der Waals surface area (Å²) in [6.45, 7) is 7.16. The maximum atomic E-state index is 11.2. The fourth-order valence-corrected chi connectivity index (χ4v) is 0.910. The molecular weight excluding hydrogens is 210 g/mol. The van der Waals surface area contributed by atoms with E-state index in [4.69, 9.17) is 0 Å². The quantitative estimate of drug-likeness (QED) is 0.528. The molecule has 0 aliphatic rings. The molecule has 1 amide bonds. The van der Waals surface area contributed by atoms with E-state index in [1.807, 2.05) is 12.4 Å². The summed E-state index contributed by atoms with van der Waals surface area (Å²) in [5, 5.41) is 9.33. The van der Waals surface area contributed by atoms with Gasteiger partial charge < -0.3 is 9.94 Å². The summed E-state index contributed by atoms with van der Waals surface area (Å²) in [6.07, 6.45) is 1.30. The average Bonchev–Trinajstić information content (AvgIpc) is 2.31. The van der Waals surface area contributed by atoms with Gasteiger partial charge in [0.15, 0.2) is 0 Å². The van der Waals surface area contributed by atoms with Gasteiger partial charge in [-0.3, -0.25) is 4.79 Å².